The highest BCUT2D eigenvalue weighted by Crippen LogP contribution is 2.17. The van der Waals surface area contributed by atoms with E-state index in [9.17, 15) is 4.79 Å². The standard InChI is InChI=1S/C9H11O2P/c1-7(9(10)11)12-8-5-3-2-4-6-8/h2-7,12H,1H3,(H,10,11). The van der Waals surface area contributed by atoms with E-state index in [1.54, 1.807) is 6.92 Å². The first-order valence-corrected chi connectivity index (χ1v) is 4.82. The van der Waals surface area contributed by atoms with Crippen LogP contribution in [0.3, 0.4) is 0 Å². The van der Waals surface area contributed by atoms with Gasteiger partial charge in [0.1, 0.15) is 0 Å². The summed E-state index contributed by atoms with van der Waals surface area (Å²) in [7, 11) is 0.359. The van der Waals surface area contributed by atoms with Crippen molar-refractivity contribution in [3.63, 3.8) is 0 Å². The van der Waals surface area contributed by atoms with Crippen LogP contribution in [-0.2, 0) is 4.79 Å². The number of carboxylic acids is 1. The third-order valence-corrected chi connectivity index (χ3v) is 2.87. The van der Waals surface area contributed by atoms with Crippen LogP contribution in [0.25, 0.3) is 0 Å². The number of hydrogen-bond donors (Lipinski definition) is 1. The lowest BCUT2D eigenvalue weighted by molar-refractivity contribution is -0.136. The average molecular weight is 182 g/mol. The van der Waals surface area contributed by atoms with E-state index in [1.165, 1.54) is 0 Å². The van der Waals surface area contributed by atoms with Gasteiger partial charge in [-0.1, -0.05) is 38.9 Å². The van der Waals surface area contributed by atoms with Gasteiger partial charge >= 0.3 is 5.97 Å². The molecule has 1 aromatic carbocycles. The molecule has 1 rings (SSSR count). The van der Waals surface area contributed by atoms with Gasteiger partial charge in [-0.2, -0.15) is 0 Å². The number of rotatable bonds is 3. The fraction of sp³-hybridized carbons (Fsp3) is 0.222. The van der Waals surface area contributed by atoms with Crippen molar-refractivity contribution in [1.29, 1.82) is 0 Å². The van der Waals surface area contributed by atoms with Crippen molar-refractivity contribution in [3.8, 4) is 0 Å². The van der Waals surface area contributed by atoms with Crippen molar-refractivity contribution in [2.24, 2.45) is 0 Å². The highest BCUT2D eigenvalue weighted by atomic mass is 31.1. The monoisotopic (exact) mass is 182 g/mol. The molecule has 64 valence electrons. The molecule has 0 amide bonds. The SMILES string of the molecule is CC(Pc1ccccc1)C(=O)O. The molecule has 0 aromatic heterocycles. The molecule has 0 aliphatic rings. The van der Waals surface area contributed by atoms with Gasteiger partial charge in [-0.25, -0.2) is 0 Å². The lowest BCUT2D eigenvalue weighted by Crippen LogP contribution is -2.13. The summed E-state index contributed by atoms with van der Waals surface area (Å²) in [6, 6.07) is 9.70. The second-order valence-electron chi connectivity index (χ2n) is 2.57. The molecular weight excluding hydrogens is 171 g/mol. The van der Waals surface area contributed by atoms with Gasteiger partial charge in [-0.05, 0) is 12.2 Å². The molecule has 2 atom stereocenters. The molecule has 1 N–H and O–H groups in total. The van der Waals surface area contributed by atoms with Crippen LogP contribution in [0, 0.1) is 0 Å². The Morgan fingerprint density at radius 1 is 1.42 bits per heavy atom. The van der Waals surface area contributed by atoms with Gasteiger partial charge in [0.2, 0.25) is 0 Å². The number of carbonyl (C=O) groups is 1. The van der Waals surface area contributed by atoms with Crippen LogP contribution < -0.4 is 5.30 Å². The molecule has 0 spiro atoms. The van der Waals surface area contributed by atoms with E-state index in [-0.39, 0.29) is 5.66 Å². The van der Waals surface area contributed by atoms with Crippen LogP contribution in [0.5, 0.6) is 0 Å². The highest BCUT2D eigenvalue weighted by Gasteiger charge is 2.10. The Kier molecular flexibility index (Phi) is 3.24. The molecule has 0 aliphatic heterocycles. The molecule has 0 bridgehead atoms. The summed E-state index contributed by atoms with van der Waals surface area (Å²) >= 11 is 0. The van der Waals surface area contributed by atoms with Crippen LogP contribution >= 0.6 is 8.58 Å². The lowest BCUT2D eigenvalue weighted by Gasteiger charge is -2.05. The smallest absolute Gasteiger partial charge is 0.310 e. The zero-order valence-corrected chi connectivity index (χ0v) is 7.82. The van der Waals surface area contributed by atoms with Crippen molar-refractivity contribution in [2.75, 3.05) is 0 Å². The molecular formula is C9H11O2P. The summed E-state index contributed by atoms with van der Waals surface area (Å²) in [5.41, 5.74) is -0.271. The summed E-state index contributed by atoms with van der Waals surface area (Å²) in [4.78, 5) is 10.5. The molecule has 2 nitrogen and oxygen atoms in total. The summed E-state index contributed by atoms with van der Waals surface area (Å²) in [5.74, 6) is -0.725. The highest BCUT2D eigenvalue weighted by molar-refractivity contribution is 7.49. The summed E-state index contributed by atoms with van der Waals surface area (Å²) in [6.45, 7) is 1.73. The predicted molar refractivity (Wildman–Crippen MR) is 51.5 cm³/mol. The first kappa shape index (κ1) is 9.21. The first-order chi connectivity index (χ1) is 5.70. The third kappa shape index (κ3) is 2.63. The van der Waals surface area contributed by atoms with Crippen LogP contribution in [0.4, 0.5) is 0 Å². The maximum Gasteiger partial charge on any atom is 0.310 e. The number of hydrogen-bond acceptors (Lipinski definition) is 1. The lowest BCUT2D eigenvalue weighted by atomic mass is 10.4. The van der Waals surface area contributed by atoms with E-state index >= 15 is 0 Å². The fourth-order valence-electron chi connectivity index (χ4n) is 0.846. The van der Waals surface area contributed by atoms with E-state index in [1.807, 2.05) is 30.3 Å². The molecule has 2 unspecified atom stereocenters. The third-order valence-electron chi connectivity index (χ3n) is 1.53. The van der Waals surface area contributed by atoms with Crippen molar-refractivity contribution in [1.82, 2.24) is 0 Å². The van der Waals surface area contributed by atoms with Crippen LogP contribution in [-0.4, -0.2) is 16.7 Å². The first-order valence-electron chi connectivity index (χ1n) is 3.74. The van der Waals surface area contributed by atoms with E-state index < -0.39 is 5.97 Å². The Morgan fingerprint density at radius 3 is 2.50 bits per heavy atom. The van der Waals surface area contributed by atoms with E-state index in [0.29, 0.717) is 8.58 Å². The van der Waals surface area contributed by atoms with E-state index in [2.05, 4.69) is 0 Å². The number of aliphatic carboxylic acids is 1. The second-order valence-corrected chi connectivity index (χ2v) is 4.30. The maximum atomic E-state index is 10.5. The molecule has 0 heterocycles. The summed E-state index contributed by atoms with van der Waals surface area (Å²) in [5, 5.41) is 9.75. The number of benzene rings is 1. The van der Waals surface area contributed by atoms with Gasteiger partial charge < -0.3 is 5.11 Å². The molecule has 0 aliphatic carbocycles. The zero-order chi connectivity index (χ0) is 8.97. The molecule has 0 radical (unpaired) electrons. The van der Waals surface area contributed by atoms with Gasteiger partial charge in [0.05, 0.1) is 5.66 Å². The van der Waals surface area contributed by atoms with Gasteiger partial charge in [-0.15, -0.1) is 0 Å². The Hall–Kier alpha value is -0.880. The minimum Gasteiger partial charge on any atom is -0.481 e. The minimum absolute atomic E-state index is 0.271. The Morgan fingerprint density at radius 2 is 2.00 bits per heavy atom. The number of carboxylic acid groups (broad SMARTS) is 1. The van der Waals surface area contributed by atoms with E-state index in [4.69, 9.17) is 5.11 Å². The van der Waals surface area contributed by atoms with Gasteiger partial charge in [0, 0.05) is 0 Å². The predicted octanol–water partition coefficient (Wildman–Crippen LogP) is 1.46. The largest absolute Gasteiger partial charge is 0.481 e. The van der Waals surface area contributed by atoms with Gasteiger partial charge in [0.15, 0.2) is 0 Å². The van der Waals surface area contributed by atoms with Crippen molar-refractivity contribution in [2.45, 2.75) is 12.6 Å². The molecule has 12 heavy (non-hydrogen) atoms. The van der Waals surface area contributed by atoms with Gasteiger partial charge in [0.25, 0.3) is 0 Å². The van der Waals surface area contributed by atoms with Crippen LogP contribution in [0.1, 0.15) is 6.92 Å². The normalized spacial score (nSPS) is 13.4. The van der Waals surface area contributed by atoms with Gasteiger partial charge in [-0.3, -0.25) is 4.79 Å². The molecule has 1 aromatic rings. The van der Waals surface area contributed by atoms with Crippen LogP contribution in [0.15, 0.2) is 30.3 Å². The van der Waals surface area contributed by atoms with Crippen molar-refractivity contribution >= 4 is 19.9 Å². The Balaban J connectivity index is 2.58. The molecule has 0 fully saturated rings. The Bertz CT molecular complexity index is 258. The van der Waals surface area contributed by atoms with Crippen LogP contribution in [0.2, 0.25) is 0 Å². The average Bonchev–Trinajstić information content (AvgIpc) is 2.06. The Labute approximate surface area is 73.4 Å². The van der Waals surface area contributed by atoms with Crippen molar-refractivity contribution < 1.29 is 9.90 Å². The minimum atomic E-state index is -0.725. The zero-order valence-electron chi connectivity index (χ0n) is 6.82. The van der Waals surface area contributed by atoms with E-state index in [0.717, 1.165) is 5.30 Å². The summed E-state index contributed by atoms with van der Waals surface area (Å²) in [6.07, 6.45) is 0. The molecule has 0 saturated carbocycles. The fourth-order valence-corrected chi connectivity index (χ4v) is 1.85. The molecule has 3 heteroatoms. The summed E-state index contributed by atoms with van der Waals surface area (Å²) < 4.78 is 0. The maximum absolute atomic E-state index is 10.5. The topological polar surface area (TPSA) is 37.3 Å². The quantitative estimate of drug-likeness (QED) is 0.718. The van der Waals surface area contributed by atoms with Crippen molar-refractivity contribution in [3.05, 3.63) is 30.3 Å². The molecule has 0 saturated heterocycles. The second kappa shape index (κ2) is 4.22.